The van der Waals surface area contributed by atoms with E-state index in [1.807, 2.05) is 12.1 Å². The SMILES string of the molecule is O=C1CC(S(=O)(=O)Cl)CN1CCc1ccc(Cl)cc1. The maximum absolute atomic E-state index is 11.7. The largest absolute Gasteiger partial charge is 0.341 e. The highest BCUT2D eigenvalue weighted by Crippen LogP contribution is 2.21. The lowest BCUT2D eigenvalue weighted by atomic mass is 10.1. The molecule has 1 amide bonds. The minimum absolute atomic E-state index is 0.0214. The standard InChI is InChI=1S/C12H13Cl2NO3S/c13-10-3-1-9(2-4-10)5-6-15-8-11(7-12(15)16)19(14,17)18/h1-4,11H,5-8H2. The molecule has 1 aromatic carbocycles. The third-order valence-electron chi connectivity index (χ3n) is 3.16. The van der Waals surface area contributed by atoms with Gasteiger partial charge in [-0.15, -0.1) is 0 Å². The van der Waals surface area contributed by atoms with E-state index in [-0.39, 0.29) is 18.9 Å². The van der Waals surface area contributed by atoms with E-state index < -0.39 is 14.3 Å². The molecule has 1 unspecified atom stereocenters. The van der Waals surface area contributed by atoms with Gasteiger partial charge in [-0.3, -0.25) is 4.79 Å². The van der Waals surface area contributed by atoms with Gasteiger partial charge in [0.1, 0.15) is 5.25 Å². The topological polar surface area (TPSA) is 54.5 Å². The first kappa shape index (κ1) is 14.6. The van der Waals surface area contributed by atoms with E-state index in [0.29, 0.717) is 18.0 Å². The number of carbonyl (C=O) groups is 1. The van der Waals surface area contributed by atoms with E-state index in [4.69, 9.17) is 22.3 Å². The van der Waals surface area contributed by atoms with Crippen LogP contribution in [0.2, 0.25) is 5.02 Å². The quantitative estimate of drug-likeness (QED) is 0.797. The molecule has 1 aliphatic heterocycles. The molecule has 0 aromatic heterocycles. The Hall–Kier alpha value is -0.780. The summed E-state index contributed by atoms with van der Waals surface area (Å²) >= 11 is 5.79. The minimum Gasteiger partial charge on any atom is -0.341 e. The number of nitrogens with zero attached hydrogens (tertiary/aromatic N) is 1. The molecule has 1 aliphatic rings. The third kappa shape index (κ3) is 3.84. The maximum atomic E-state index is 11.7. The molecule has 1 atom stereocenters. The Morgan fingerprint density at radius 2 is 1.89 bits per heavy atom. The van der Waals surface area contributed by atoms with Crippen LogP contribution >= 0.6 is 22.3 Å². The van der Waals surface area contributed by atoms with Gasteiger partial charge >= 0.3 is 0 Å². The van der Waals surface area contributed by atoms with Crippen LogP contribution in [-0.2, 0) is 20.3 Å². The number of benzene rings is 1. The van der Waals surface area contributed by atoms with Crippen LogP contribution in [0.15, 0.2) is 24.3 Å². The Kier molecular flexibility index (Phi) is 4.38. The molecule has 1 saturated heterocycles. The summed E-state index contributed by atoms with van der Waals surface area (Å²) in [5.41, 5.74) is 1.05. The molecule has 2 rings (SSSR count). The van der Waals surface area contributed by atoms with Crippen molar-refractivity contribution >= 4 is 37.2 Å². The number of hydrogen-bond acceptors (Lipinski definition) is 3. The van der Waals surface area contributed by atoms with Crippen molar-refractivity contribution in [2.24, 2.45) is 0 Å². The van der Waals surface area contributed by atoms with Gasteiger partial charge < -0.3 is 4.90 Å². The predicted molar refractivity (Wildman–Crippen MR) is 74.9 cm³/mol. The van der Waals surface area contributed by atoms with E-state index in [2.05, 4.69) is 0 Å². The van der Waals surface area contributed by atoms with E-state index in [1.54, 1.807) is 17.0 Å². The fourth-order valence-electron chi connectivity index (χ4n) is 2.06. The second-order valence-corrected chi connectivity index (χ2v) is 7.86. The van der Waals surface area contributed by atoms with E-state index >= 15 is 0 Å². The van der Waals surface area contributed by atoms with Crippen molar-refractivity contribution in [2.45, 2.75) is 18.1 Å². The summed E-state index contributed by atoms with van der Waals surface area (Å²) in [6.07, 6.45) is 0.643. The number of likely N-dealkylation sites (tertiary alicyclic amines) is 1. The Bertz CT molecular complexity index is 571. The zero-order chi connectivity index (χ0) is 14.0. The lowest BCUT2D eigenvalue weighted by Crippen LogP contribution is -2.29. The van der Waals surface area contributed by atoms with Crippen molar-refractivity contribution < 1.29 is 13.2 Å². The fraction of sp³-hybridized carbons (Fsp3) is 0.417. The molecular weight excluding hydrogens is 309 g/mol. The van der Waals surface area contributed by atoms with Crippen molar-refractivity contribution in [3.8, 4) is 0 Å². The van der Waals surface area contributed by atoms with Crippen LogP contribution < -0.4 is 0 Å². The van der Waals surface area contributed by atoms with Crippen LogP contribution in [0.5, 0.6) is 0 Å². The molecule has 0 bridgehead atoms. The second-order valence-electron chi connectivity index (χ2n) is 4.52. The third-order valence-corrected chi connectivity index (χ3v) is 5.28. The zero-order valence-corrected chi connectivity index (χ0v) is 12.4. The number of amides is 1. The van der Waals surface area contributed by atoms with Crippen LogP contribution in [0, 0.1) is 0 Å². The van der Waals surface area contributed by atoms with Crippen molar-refractivity contribution in [3.63, 3.8) is 0 Å². The smallest absolute Gasteiger partial charge is 0.237 e. The summed E-state index contributed by atoms with van der Waals surface area (Å²) in [6.45, 7) is 0.668. The molecule has 4 nitrogen and oxygen atoms in total. The van der Waals surface area contributed by atoms with E-state index in [1.165, 1.54) is 0 Å². The first-order chi connectivity index (χ1) is 8.86. The molecule has 0 N–H and O–H groups in total. The average Bonchev–Trinajstić information content (AvgIpc) is 2.70. The second kappa shape index (κ2) is 5.69. The van der Waals surface area contributed by atoms with Gasteiger partial charge in [-0.1, -0.05) is 23.7 Å². The molecular formula is C12H13Cl2NO3S. The van der Waals surface area contributed by atoms with Gasteiger partial charge in [-0.05, 0) is 24.1 Å². The molecule has 1 fully saturated rings. The lowest BCUT2D eigenvalue weighted by molar-refractivity contribution is -0.127. The van der Waals surface area contributed by atoms with Gasteiger partial charge in [0.05, 0.1) is 0 Å². The predicted octanol–water partition coefficient (Wildman–Crippen LogP) is 2.05. The maximum Gasteiger partial charge on any atom is 0.237 e. The van der Waals surface area contributed by atoms with Gasteiger partial charge in [0.25, 0.3) is 0 Å². The summed E-state index contributed by atoms with van der Waals surface area (Å²) < 4.78 is 22.4. The molecule has 19 heavy (non-hydrogen) atoms. The molecule has 104 valence electrons. The Labute approximate surface area is 121 Å². The van der Waals surface area contributed by atoms with Crippen LogP contribution in [0.4, 0.5) is 0 Å². The fourth-order valence-corrected chi connectivity index (χ4v) is 3.24. The monoisotopic (exact) mass is 321 g/mol. The van der Waals surface area contributed by atoms with Crippen LogP contribution in [0.3, 0.4) is 0 Å². The van der Waals surface area contributed by atoms with Gasteiger partial charge in [0, 0.05) is 35.2 Å². The summed E-state index contributed by atoms with van der Waals surface area (Å²) in [5.74, 6) is -0.164. The lowest BCUT2D eigenvalue weighted by Gasteiger charge is -2.15. The summed E-state index contributed by atoms with van der Waals surface area (Å²) in [4.78, 5) is 13.2. The molecule has 0 aliphatic carbocycles. The number of halogens is 2. The number of carbonyl (C=O) groups excluding carboxylic acids is 1. The first-order valence-corrected chi connectivity index (χ1v) is 8.57. The Balaban J connectivity index is 1.94. The Morgan fingerprint density at radius 3 is 2.42 bits per heavy atom. The molecule has 7 heteroatoms. The number of rotatable bonds is 4. The van der Waals surface area contributed by atoms with E-state index in [9.17, 15) is 13.2 Å². The molecule has 0 radical (unpaired) electrons. The van der Waals surface area contributed by atoms with Gasteiger partial charge in [-0.25, -0.2) is 8.42 Å². The molecule has 0 saturated carbocycles. The number of hydrogen-bond donors (Lipinski definition) is 0. The first-order valence-electron chi connectivity index (χ1n) is 5.82. The van der Waals surface area contributed by atoms with Crippen molar-refractivity contribution in [1.82, 2.24) is 4.90 Å². The summed E-state index contributed by atoms with van der Waals surface area (Å²) in [7, 11) is 1.62. The van der Waals surface area contributed by atoms with Crippen molar-refractivity contribution in [1.29, 1.82) is 0 Å². The highest BCUT2D eigenvalue weighted by Gasteiger charge is 2.36. The molecule has 1 aromatic rings. The summed E-state index contributed by atoms with van der Waals surface area (Å²) in [5, 5.41) is -0.124. The normalized spacial score (nSPS) is 20.0. The minimum atomic E-state index is -3.66. The average molecular weight is 322 g/mol. The van der Waals surface area contributed by atoms with Crippen LogP contribution in [0.1, 0.15) is 12.0 Å². The van der Waals surface area contributed by atoms with Gasteiger partial charge in [0.2, 0.25) is 15.0 Å². The van der Waals surface area contributed by atoms with Gasteiger partial charge in [-0.2, -0.15) is 0 Å². The van der Waals surface area contributed by atoms with Crippen LogP contribution in [-0.4, -0.2) is 37.6 Å². The zero-order valence-electron chi connectivity index (χ0n) is 10.1. The van der Waals surface area contributed by atoms with Crippen molar-refractivity contribution in [2.75, 3.05) is 13.1 Å². The molecule has 0 spiro atoms. The van der Waals surface area contributed by atoms with Crippen molar-refractivity contribution in [3.05, 3.63) is 34.9 Å². The van der Waals surface area contributed by atoms with Crippen LogP contribution in [0.25, 0.3) is 0 Å². The van der Waals surface area contributed by atoms with Gasteiger partial charge in [0.15, 0.2) is 0 Å². The highest BCUT2D eigenvalue weighted by molar-refractivity contribution is 8.14. The summed E-state index contributed by atoms with van der Waals surface area (Å²) in [6, 6.07) is 7.35. The molecule has 1 heterocycles. The highest BCUT2D eigenvalue weighted by atomic mass is 35.7. The van der Waals surface area contributed by atoms with E-state index in [0.717, 1.165) is 5.56 Å². The Morgan fingerprint density at radius 1 is 1.26 bits per heavy atom.